The highest BCUT2D eigenvalue weighted by Crippen LogP contribution is 2.15. The van der Waals surface area contributed by atoms with Crippen molar-refractivity contribution < 1.29 is 9.59 Å². The number of hydrogen-bond donors (Lipinski definition) is 1. The van der Waals surface area contributed by atoms with Crippen molar-refractivity contribution in [3.05, 3.63) is 108 Å². The first kappa shape index (κ1) is 18.2. The predicted octanol–water partition coefficient (Wildman–Crippen LogP) is 2.82. The van der Waals surface area contributed by atoms with E-state index in [9.17, 15) is 9.59 Å². The van der Waals surface area contributed by atoms with E-state index < -0.39 is 0 Å². The van der Waals surface area contributed by atoms with Gasteiger partial charge in [0.1, 0.15) is 12.7 Å². The number of nitrogens with zero attached hydrogens (tertiary/aromatic N) is 4. The fourth-order valence-corrected chi connectivity index (χ4v) is 2.89. The van der Waals surface area contributed by atoms with Crippen molar-refractivity contribution in [2.45, 2.75) is 6.54 Å². The summed E-state index contributed by atoms with van der Waals surface area (Å²) >= 11 is 0. The van der Waals surface area contributed by atoms with Gasteiger partial charge in [0.25, 0.3) is 5.91 Å². The molecule has 4 rings (SSSR count). The Morgan fingerprint density at radius 1 is 0.897 bits per heavy atom. The summed E-state index contributed by atoms with van der Waals surface area (Å²) in [5.74, 6) is 0.136. The van der Waals surface area contributed by atoms with E-state index in [0.29, 0.717) is 22.5 Å². The molecule has 0 unspecified atom stereocenters. The monoisotopic (exact) mass is 383 g/mol. The average Bonchev–Trinajstić information content (AvgIpc) is 3.33. The van der Waals surface area contributed by atoms with Crippen LogP contribution in [0.5, 0.6) is 0 Å². The minimum Gasteiger partial charge on any atom is -0.348 e. The Morgan fingerprint density at radius 3 is 2.34 bits per heavy atom. The van der Waals surface area contributed by atoms with Crippen LogP contribution in [0.3, 0.4) is 0 Å². The van der Waals surface area contributed by atoms with Gasteiger partial charge in [-0.2, -0.15) is 5.10 Å². The zero-order valence-corrected chi connectivity index (χ0v) is 15.4. The van der Waals surface area contributed by atoms with Crippen LogP contribution < -0.4 is 5.32 Å². The summed E-state index contributed by atoms with van der Waals surface area (Å²) in [6.45, 7) is 0.289. The van der Waals surface area contributed by atoms with Crippen LogP contribution in [0.4, 0.5) is 0 Å². The van der Waals surface area contributed by atoms with Crippen molar-refractivity contribution in [1.29, 1.82) is 0 Å². The number of carbonyl (C=O) groups excluding carboxylic acids is 2. The molecule has 0 atom stereocenters. The maximum absolute atomic E-state index is 12.8. The van der Waals surface area contributed by atoms with Gasteiger partial charge < -0.3 is 5.32 Å². The molecular weight excluding hydrogens is 366 g/mol. The predicted molar refractivity (Wildman–Crippen MR) is 107 cm³/mol. The van der Waals surface area contributed by atoms with Crippen molar-refractivity contribution in [1.82, 2.24) is 25.1 Å². The molecule has 0 radical (unpaired) electrons. The zero-order chi connectivity index (χ0) is 20.1. The molecule has 0 aliphatic rings. The Bertz CT molecular complexity index is 1120. The third-order valence-corrected chi connectivity index (χ3v) is 4.37. The lowest BCUT2D eigenvalue weighted by Crippen LogP contribution is -2.25. The highest BCUT2D eigenvalue weighted by molar-refractivity contribution is 6.15. The van der Waals surface area contributed by atoms with Gasteiger partial charge in [0.15, 0.2) is 11.6 Å². The van der Waals surface area contributed by atoms with E-state index in [-0.39, 0.29) is 18.2 Å². The van der Waals surface area contributed by atoms with Crippen molar-refractivity contribution in [2.75, 3.05) is 0 Å². The molecule has 0 fully saturated rings. The number of pyridine rings is 1. The topological polar surface area (TPSA) is 89.8 Å². The van der Waals surface area contributed by atoms with Crippen molar-refractivity contribution in [2.24, 2.45) is 0 Å². The molecule has 7 nitrogen and oxygen atoms in total. The lowest BCUT2D eigenvalue weighted by Gasteiger charge is -2.10. The zero-order valence-electron chi connectivity index (χ0n) is 15.4. The second kappa shape index (κ2) is 8.26. The summed E-state index contributed by atoms with van der Waals surface area (Å²) in [5.41, 5.74) is 2.08. The number of aromatic nitrogens is 4. The first-order chi connectivity index (χ1) is 14.2. The molecule has 2 aromatic carbocycles. The van der Waals surface area contributed by atoms with Crippen molar-refractivity contribution >= 4 is 11.7 Å². The molecule has 0 aliphatic heterocycles. The van der Waals surface area contributed by atoms with Crippen LogP contribution in [0.2, 0.25) is 0 Å². The number of nitrogens with one attached hydrogen (secondary N) is 1. The van der Waals surface area contributed by atoms with Crippen LogP contribution >= 0.6 is 0 Å². The van der Waals surface area contributed by atoms with Crippen LogP contribution in [0.25, 0.3) is 5.82 Å². The Morgan fingerprint density at radius 2 is 1.66 bits per heavy atom. The third-order valence-electron chi connectivity index (χ3n) is 4.37. The molecule has 1 N–H and O–H groups in total. The van der Waals surface area contributed by atoms with E-state index in [0.717, 1.165) is 5.56 Å². The van der Waals surface area contributed by atoms with Gasteiger partial charge in [-0.15, -0.1) is 0 Å². The number of ketones is 1. The third kappa shape index (κ3) is 4.08. The highest BCUT2D eigenvalue weighted by Gasteiger charge is 2.17. The Labute approximate surface area is 167 Å². The first-order valence-electron chi connectivity index (χ1n) is 8.99. The SMILES string of the molecule is O=C(NCc1ccc(-n2cncn2)nc1)c1ccccc1C(=O)c1ccccc1. The Balaban J connectivity index is 1.47. The summed E-state index contributed by atoms with van der Waals surface area (Å²) in [4.78, 5) is 33.7. The second-order valence-electron chi connectivity index (χ2n) is 6.29. The Hall–Kier alpha value is -4.13. The summed E-state index contributed by atoms with van der Waals surface area (Å²) in [6, 6.07) is 19.4. The summed E-state index contributed by atoms with van der Waals surface area (Å²) in [5, 5.41) is 6.87. The van der Waals surface area contributed by atoms with Crippen LogP contribution in [0.1, 0.15) is 31.8 Å². The molecule has 4 aromatic rings. The fraction of sp³-hybridized carbons (Fsp3) is 0.0455. The van der Waals surface area contributed by atoms with E-state index >= 15 is 0 Å². The normalized spacial score (nSPS) is 10.5. The second-order valence-corrected chi connectivity index (χ2v) is 6.29. The molecule has 0 bridgehead atoms. The summed E-state index contributed by atoms with van der Waals surface area (Å²) < 4.78 is 1.55. The number of hydrogen-bond acceptors (Lipinski definition) is 5. The van der Waals surface area contributed by atoms with Crippen LogP contribution in [-0.2, 0) is 6.54 Å². The van der Waals surface area contributed by atoms with Gasteiger partial charge in [0.2, 0.25) is 0 Å². The number of carbonyl (C=O) groups is 2. The average molecular weight is 383 g/mol. The van der Waals surface area contributed by atoms with Gasteiger partial charge in [-0.3, -0.25) is 9.59 Å². The van der Waals surface area contributed by atoms with Gasteiger partial charge >= 0.3 is 0 Å². The van der Waals surface area contributed by atoms with Gasteiger partial charge in [-0.25, -0.2) is 14.6 Å². The Kier molecular flexibility index (Phi) is 5.20. The highest BCUT2D eigenvalue weighted by atomic mass is 16.2. The van der Waals surface area contributed by atoms with E-state index in [1.807, 2.05) is 12.1 Å². The minimum atomic E-state index is -0.315. The van der Waals surface area contributed by atoms with Crippen molar-refractivity contribution in [3.8, 4) is 5.82 Å². The summed E-state index contributed by atoms with van der Waals surface area (Å²) in [6.07, 6.45) is 4.66. The van der Waals surface area contributed by atoms with Crippen LogP contribution in [-0.4, -0.2) is 31.4 Å². The van der Waals surface area contributed by atoms with Crippen LogP contribution in [0.15, 0.2) is 85.6 Å². The quantitative estimate of drug-likeness (QED) is 0.517. The maximum Gasteiger partial charge on any atom is 0.252 e. The number of rotatable bonds is 6. The van der Waals surface area contributed by atoms with Gasteiger partial charge in [-0.05, 0) is 17.7 Å². The van der Waals surface area contributed by atoms with E-state index in [1.54, 1.807) is 71.8 Å². The van der Waals surface area contributed by atoms with Crippen molar-refractivity contribution in [3.63, 3.8) is 0 Å². The fourth-order valence-electron chi connectivity index (χ4n) is 2.89. The maximum atomic E-state index is 12.8. The van der Waals surface area contributed by atoms with E-state index in [1.165, 1.54) is 6.33 Å². The van der Waals surface area contributed by atoms with E-state index in [2.05, 4.69) is 20.4 Å². The molecule has 0 saturated carbocycles. The number of benzene rings is 2. The van der Waals surface area contributed by atoms with E-state index in [4.69, 9.17) is 0 Å². The molecule has 2 heterocycles. The van der Waals surface area contributed by atoms with Crippen LogP contribution in [0, 0.1) is 0 Å². The lowest BCUT2D eigenvalue weighted by molar-refractivity contribution is 0.0939. The van der Waals surface area contributed by atoms with Gasteiger partial charge in [-0.1, -0.05) is 54.6 Å². The van der Waals surface area contributed by atoms with Gasteiger partial charge in [0, 0.05) is 23.9 Å². The molecule has 7 heteroatoms. The lowest BCUT2D eigenvalue weighted by atomic mass is 9.98. The number of amides is 1. The molecule has 142 valence electrons. The molecule has 29 heavy (non-hydrogen) atoms. The molecule has 0 spiro atoms. The standard InChI is InChI=1S/C22H17N5O2/c28-21(17-6-2-1-3-7-17)18-8-4-5-9-19(18)22(29)25-13-16-10-11-20(24-12-16)27-15-23-14-26-27/h1-12,14-15H,13H2,(H,25,29). The van der Waals surface area contributed by atoms with Gasteiger partial charge in [0.05, 0.1) is 5.56 Å². The molecule has 0 saturated heterocycles. The molecule has 0 aliphatic carbocycles. The molecule has 2 aromatic heterocycles. The minimum absolute atomic E-state index is 0.185. The molecular formula is C22H17N5O2. The largest absolute Gasteiger partial charge is 0.348 e. The smallest absolute Gasteiger partial charge is 0.252 e. The summed E-state index contributed by atoms with van der Waals surface area (Å²) in [7, 11) is 0. The first-order valence-corrected chi connectivity index (χ1v) is 8.99. The molecule has 1 amide bonds.